The van der Waals surface area contributed by atoms with Crippen LogP contribution in [0.2, 0.25) is 0 Å². The van der Waals surface area contributed by atoms with Gasteiger partial charge in [0, 0.05) is 53.9 Å². The normalized spacial score (nSPS) is 14.7. The Bertz CT molecular complexity index is 937. The fraction of sp³-hybridized carbons (Fsp3) is 0.250. The molecule has 1 aliphatic heterocycles. The summed E-state index contributed by atoms with van der Waals surface area (Å²) in [7, 11) is 1.70. The van der Waals surface area contributed by atoms with Crippen molar-refractivity contribution in [3.05, 3.63) is 78.4 Å². The lowest BCUT2D eigenvalue weighted by Crippen LogP contribution is -2.46. The van der Waals surface area contributed by atoms with Gasteiger partial charge in [-0.2, -0.15) is 0 Å². The number of hydrogen-bond donors (Lipinski definition) is 1. The van der Waals surface area contributed by atoms with Crippen LogP contribution in [-0.2, 0) is 6.54 Å². The molecule has 4 nitrogen and oxygen atoms in total. The third-order valence-electron chi connectivity index (χ3n) is 5.32. The molecule has 150 valence electrons. The number of piperazine rings is 1. The number of hydrogen-bond acceptors (Lipinski definition) is 5. The van der Waals surface area contributed by atoms with Gasteiger partial charge < -0.3 is 15.4 Å². The van der Waals surface area contributed by atoms with Gasteiger partial charge in [-0.05, 0) is 48.0 Å². The summed E-state index contributed by atoms with van der Waals surface area (Å²) >= 11 is 1.76. The summed E-state index contributed by atoms with van der Waals surface area (Å²) in [5, 5.41) is 0. The summed E-state index contributed by atoms with van der Waals surface area (Å²) in [6.07, 6.45) is 0. The van der Waals surface area contributed by atoms with Crippen LogP contribution < -0.4 is 15.4 Å². The molecule has 0 aromatic heterocycles. The zero-order chi connectivity index (χ0) is 20.1. The largest absolute Gasteiger partial charge is 0.497 e. The SMILES string of the molecule is COc1ccc(N2CCN(Cc3ccccc3Sc3ccccc3N)CC2)cc1. The van der Waals surface area contributed by atoms with Crippen molar-refractivity contribution >= 4 is 23.1 Å². The summed E-state index contributed by atoms with van der Waals surface area (Å²) in [6.45, 7) is 5.14. The lowest BCUT2D eigenvalue weighted by molar-refractivity contribution is 0.248. The maximum Gasteiger partial charge on any atom is 0.119 e. The molecule has 3 aromatic carbocycles. The number of benzene rings is 3. The van der Waals surface area contributed by atoms with Crippen LogP contribution in [0.1, 0.15) is 5.56 Å². The van der Waals surface area contributed by atoms with Crippen LogP contribution in [0.3, 0.4) is 0 Å². The first-order valence-electron chi connectivity index (χ1n) is 9.94. The average Bonchev–Trinajstić information content (AvgIpc) is 2.77. The summed E-state index contributed by atoms with van der Waals surface area (Å²) in [5.74, 6) is 0.903. The minimum absolute atomic E-state index is 0.834. The second-order valence-electron chi connectivity index (χ2n) is 7.21. The van der Waals surface area contributed by atoms with Crippen LogP contribution in [0.15, 0.2) is 82.6 Å². The predicted molar refractivity (Wildman–Crippen MR) is 122 cm³/mol. The molecule has 0 bridgehead atoms. The predicted octanol–water partition coefficient (Wildman–Crippen LogP) is 4.75. The summed E-state index contributed by atoms with van der Waals surface area (Å²) in [6, 6.07) is 25.1. The van der Waals surface area contributed by atoms with Crippen LogP contribution in [0.5, 0.6) is 5.75 Å². The Balaban J connectivity index is 1.39. The van der Waals surface area contributed by atoms with Gasteiger partial charge in [-0.15, -0.1) is 0 Å². The topological polar surface area (TPSA) is 41.7 Å². The quantitative estimate of drug-likeness (QED) is 0.600. The van der Waals surface area contributed by atoms with Crippen molar-refractivity contribution in [2.45, 2.75) is 16.3 Å². The number of ether oxygens (including phenoxy) is 1. The van der Waals surface area contributed by atoms with Crippen molar-refractivity contribution in [1.29, 1.82) is 0 Å². The van der Waals surface area contributed by atoms with Gasteiger partial charge in [0.2, 0.25) is 0 Å². The molecule has 4 rings (SSSR count). The minimum Gasteiger partial charge on any atom is -0.497 e. The van der Waals surface area contributed by atoms with E-state index in [2.05, 4.69) is 52.3 Å². The number of para-hydroxylation sites is 1. The zero-order valence-electron chi connectivity index (χ0n) is 16.8. The van der Waals surface area contributed by atoms with Crippen molar-refractivity contribution in [1.82, 2.24) is 4.90 Å². The van der Waals surface area contributed by atoms with Crippen molar-refractivity contribution < 1.29 is 4.74 Å². The third kappa shape index (κ3) is 4.86. The Labute approximate surface area is 177 Å². The molecule has 2 N–H and O–H groups in total. The van der Waals surface area contributed by atoms with Gasteiger partial charge in [-0.3, -0.25) is 4.90 Å². The highest BCUT2D eigenvalue weighted by molar-refractivity contribution is 7.99. The van der Waals surface area contributed by atoms with Crippen LogP contribution in [0, 0.1) is 0 Å². The van der Waals surface area contributed by atoms with E-state index < -0.39 is 0 Å². The standard InChI is InChI=1S/C24H27N3OS/c1-28-21-12-10-20(11-13-21)27-16-14-26(15-17-27)18-19-6-2-4-8-23(19)29-24-9-5-3-7-22(24)25/h2-13H,14-18,25H2,1H3. The van der Waals surface area contributed by atoms with E-state index in [-0.39, 0.29) is 0 Å². The molecule has 0 amide bonds. The molecule has 29 heavy (non-hydrogen) atoms. The van der Waals surface area contributed by atoms with Crippen molar-refractivity contribution in [3.8, 4) is 5.75 Å². The van der Waals surface area contributed by atoms with Gasteiger partial charge >= 0.3 is 0 Å². The zero-order valence-corrected chi connectivity index (χ0v) is 17.6. The maximum atomic E-state index is 6.15. The van der Waals surface area contributed by atoms with E-state index in [1.54, 1.807) is 18.9 Å². The van der Waals surface area contributed by atoms with Crippen molar-refractivity contribution in [2.75, 3.05) is 43.9 Å². The Hall–Kier alpha value is -2.63. The highest BCUT2D eigenvalue weighted by Gasteiger charge is 2.18. The van der Waals surface area contributed by atoms with Gasteiger partial charge in [-0.1, -0.05) is 42.1 Å². The smallest absolute Gasteiger partial charge is 0.119 e. The molecule has 0 spiro atoms. The molecule has 0 aliphatic carbocycles. The number of anilines is 2. The molecule has 5 heteroatoms. The Morgan fingerprint density at radius 3 is 2.17 bits per heavy atom. The molecule has 0 saturated carbocycles. The van der Waals surface area contributed by atoms with Crippen LogP contribution in [-0.4, -0.2) is 38.2 Å². The van der Waals surface area contributed by atoms with Gasteiger partial charge in [-0.25, -0.2) is 0 Å². The number of nitrogen functional groups attached to an aromatic ring is 1. The molecular formula is C24H27N3OS. The number of rotatable bonds is 6. The fourth-order valence-electron chi connectivity index (χ4n) is 3.62. The van der Waals surface area contributed by atoms with Gasteiger partial charge in [0.25, 0.3) is 0 Å². The number of nitrogens with zero attached hydrogens (tertiary/aromatic N) is 2. The van der Waals surface area contributed by atoms with Gasteiger partial charge in [0.1, 0.15) is 5.75 Å². The maximum absolute atomic E-state index is 6.15. The molecule has 1 fully saturated rings. The van der Waals surface area contributed by atoms with Gasteiger partial charge in [0.15, 0.2) is 0 Å². The van der Waals surface area contributed by atoms with Crippen molar-refractivity contribution in [3.63, 3.8) is 0 Å². The molecule has 1 saturated heterocycles. The van der Waals surface area contributed by atoms with E-state index in [0.717, 1.165) is 49.1 Å². The number of nitrogens with two attached hydrogens (primary N) is 1. The highest BCUT2D eigenvalue weighted by atomic mass is 32.2. The molecule has 1 aliphatic rings. The molecule has 0 atom stereocenters. The fourth-order valence-corrected chi connectivity index (χ4v) is 4.60. The van der Waals surface area contributed by atoms with E-state index in [1.807, 2.05) is 30.3 Å². The van der Waals surface area contributed by atoms with Crippen molar-refractivity contribution in [2.24, 2.45) is 0 Å². The summed E-state index contributed by atoms with van der Waals surface area (Å²) in [4.78, 5) is 7.38. The van der Waals surface area contributed by atoms with Gasteiger partial charge in [0.05, 0.1) is 7.11 Å². The molecular weight excluding hydrogens is 378 g/mol. The molecule has 3 aromatic rings. The Morgan fingerprint density at radius 2 is 1.48 bits per heavy atom. The Kier molecular flexibility index (Phi) is 6.27. The van der Waals surface area contributed by atoms with E-state index in [0.29, 0.717) is 0 Å². The summed E-state index contributed by atoms with van der Waals surface area (Å²) < 4.78 is 5.26. The first kappa shape index (κ1) is 19.7. The first-order chi connectivity index (χ1) is 14.2. The van der Waals surface area contributed by atoms with E-state index in [9.17, 15) is 0 Å². The van der Waals surface area contributed by atoms with Crippen LogP contribution in [0.4, 0.5) is 11.4 Å². The second kappa shape index (κ2) is 9.25. The molecule has 0 radical (unpaired) electrons. The van der Waals surface area contributed by atoms with Crippen LogP contribution >= 0.6 is 11.8 Å². The van der Waals surface area contributed by atoms with E-state index in [1.165, 1.54) is 16.1 Å². The lowest BCUT2D eigenvalue weighted by atomic mass is 10.2. The summed E-state index contributed by atoms with van der Waals surface area (Å²) in [5.41, 5.74) is 9.61. The van der Waals surface area contributed by atoms with Crippen LogP contribution in [0.25, 0.3) is 0 Å². The van der Waals surface area contributed by atoms with E-state index in [4.69, 9.17) is 10.5 Å². The monoisotopic (exact) mass is 405 g/mol. The molecule has 0 unspecified atom stereocenters. The molecule has 1 heterocycles. The number of methoxy groups -OCH3 is 1. The minimum atomic E-state index is 0.834. The average molecular weight is 406 g/mol. The highest BCUT2D eigenvalue weighted by Crippen LogP contribution is 2.34. The van der Waals surface area contributed by atoms with E-state index >= 15 is 0 Å². The Morgan fingerprint density at radius 1 is 0.828 bits per heavy atom. The first-order valence-corrected chi connectivity index (χ1v) is 10.8. The second-order valence-corrected chi connectivity index (χ2v) is 8.29. The lowest BCUT2D eigenvalue weighted by Gasteiger charge is -2.36. The third-order valence-corrected chi connectivity index (χ3v) is 6.53.